The van der Waals surface area contributed by atoms with E-state index in [0.29, 0.717) is 12.5 Å². The molecule has 1 unspecified atom stereocenters. The van der Waals surface area contributed by atoms with Gasteiger partial charge in [0.2, 0.25) is 4.80 Å². The molecule has 1 aromatic carbocycles. The smallest absolute Gasteiger partial charge is 0.206 e. The van der Waals surface area contributed by atoms with Gasteiger partial charge in [0.25, 0.3) is 0 Å². The van der Waals surface area contributed by atoms with Gasteiger partial charge in [-0.1, -0.05) is 31.2 Å². The third-order valence-electron chi connectivity index (χ3n) is 4.54. The highest BCUT2D eigenvalue weighted by Gasteiger charge is 2.17. The second-order valence-electron chi connectivity index (χ2n) is 7.06. The van der Waals surface area contributed by atoms with E-state index in [2.05, 4.69) is 24.9 Å². The topological polar surface area (TPSA) is 38.9 Å². The van der Waals surface area contributed by atoms with E-state index in [0.717, 1.165) is 40.2 Å². The van der Waals surface area contributed by atoms with Gasteiger partial charge in [0.05, 0.1) is 19.3 Å². The van der Waals surface area contributed by atoms with Crippen molar-refractivity contribution in [2.24, 2.45) is 16.0 Å². The fourth-order valence-electron chi connectivity index (χ4n) is 3.24. The molecule has 1 atom stereocenters. The Balaban J connectivity index is 2.12. The Hall–Kier alpha value is -2.14. The fourth-order valence-corrected chi connectivity index (χ4v) is 4.06. The predicted molar refractivity (Wildman–Crippen MR) is 110 cm³/mol. The summed E-state index contributed by atoms with van der Waals surface area (Å²) in [4.78, 5) is 5.63. The largest absolute Gasteiger partial charge is 0.496 e. The summed E-state index contributed by atoms with van der Waals surface area (Å²) in [5.41, 5.74) is 4.37. The molecule has 0 bridgehead atoms. The molecule has 1 aromatic heterocycles. The molecule has 138 valence electrons. The van der Waals surface area contributed by atoms with Crippen LogP contribution in [0.25, 0.3) is 11.3 Å². The van der Waals surface area contributed by atoms with Crippen molar-refractivity contribution in [3.05, 3.63) is 46.6 Å². The Bertz CT molecular complexity index is 875. The lowest BCUT2D eigenvalue weighted by Gasteiger charge is -2.19. The van der Waals surface area contributed by atoms with Gasteiger partial charge >= 0.3 is 0 Å². The number of rotatable bonds is 5. The molecule has 26 heavy (non-hydrogen) atoms. The first-order chi connectivity index (χ1) is 12.6. The number of para-hydroxylation sites is 1. The number of benzene rings is 1. The molecular weight excluding hydrogens is 342 g/mol. The highest BCUT2D eigenvalue weighted by atomic mass is 32.1. The minimum atomic E-state index is 0.618. The van der Waals surface area contributed by atoms with Crippen LogP contribution in [0.4, 0.5) is 0 Å². The maximum Gasteiger partial charge on any atom is 0.206 e. The number of aromatic nitrogens is 1. The SMILES string of the molecule is C=C(C)CN=c1scc(-c2ccccc2OC)n1N=C1CCCC(C)C1. The molecule has 3 rings (SSSR count). The number of thiazole rings is 1. The Morgan fingerprint density at radius 3 is 2.92 bits per heavy atom. The summed E-state index contributed by atoms with van der Waals surface area (Å²) < 4.78 is 7.57. The predicted octanol–water partition coefficient (Wildman–Crippen LogP) is 5.12. The number of hydrogen-bond acceptors (Lipinski definition) is 4. The number of methoxy groups -OCH3 is 1. The number of hydrogen-bond donors (Lipinski definition) is 0. The monoisotopic (exact) mass is 369 g/mol. The zero-order valence-corrected chi connectivity index (χ0v) is 16.7. The van der Waals surface area contributed by atoms with Gasteiger partial charge in [-0.05, 0) is 50.7 Å². The van der Waals surface area contributed by atoms with Gasteiger partial charge in [-0.15, -0.1) is 11.3 Å². The zero-order valence-electron chi connectivity index (χ0n) is 15.9. The van der Waals surface area contributed by atoms with E-state index in [1.165, 1.54) is 18.6 Å². The van der Waals surface area contributed by atoms with E-state index in [1.807, 2.05) is 29.8 Å². The van der Waals surface area contributed by atoms with Crippen molar-refractivity contribution in [1.82, 2.24) is 4.68 Å². The average Bonchev–Trinajstić information content (AvgIpc) is 3.02. The second-order valence-corrected chi connectivity index (χ2v) is 7.89. The van der Waals surface area contributed by atoms with Gasteiger partial charge in [-0.25, -0.2) is 4.68 Å². The normalized spacial score (nSPS) is 19.7. The van der Waals surface area contributed by atoms with Crippen molar-refractivity contribution in [3.8, 4) is 17.0 Å². The van der Waals surface area contributed by atoms with Gasteiger partial charge in [0.15, 0.2) is 0 Å². The van der Waals surface area contributed by atoms with E-state index in [9.17, 15) is 0 Å². The van der Waals surface area contributed by atoms with Gasteiger partial charge in [0, 0.05) is 16.7 Å². The molecule has 1 heterocycles. The standard InChI is InChI=1S/C21H27N3OS/c1-15(2)13-22-21-24(23-17-9-7-8-16(3)12-17)19(14-26-21)18-10-5-6-11-20(18)25-4/h5-6,10-11,14,16H,1,7-9,12-13H2,2-4H3. The molecule has 5 heteroatoms. The molecule has 0 amide bonds. The molecule has 0 saturated heterocycles. The summed E-state index contributed by atoms with van der Waals surface area (Å²) in [7, 11) is 1.70. The summed E-state index contributed by atoms with van der Waals surface area (Å²) in [5, 5.41) is 7.14. The lowest BCUT2D eigenvalue weighted by Crippen LogP contribution is -2.19. The van der Waals surface area contributed by atoms with Crippen molar-refractivity contribution in [3.63, 3.8) is 0 Å². The fraction of sp³-hybridized carbons (Fsp3) is 0.429. The van der Waals surface area contributed by atoms with Crippen LogP contribution in [-0.2, 0) is 0 Å². The van der Waals surface area contributed by atoms with Crippen LogP contribution in [0.15, 0.2) is 51.9 Å². The number of nitrogens with zero attached hydrogens (tertiary/aromatic N) is 3. The van der Waals surface area contributed by atoms with Crippen molar-refractivity contribution in [1.29, 1.82) is 0 Å². The lowest BCUT2D eigenvalue weighted by atomic mass is 9.89. The van der Waals surface area contributed by atoms with Crippen molar-refractivity contribution in [2.45, 2.75) is 39.5 Å². The molecule has 0 radical (unpaired) electrons. The van der Waals surface area contributed by atoms with E-state index in [-0.39, 0.29) is 0 Å². The van der Waals surface area contributed by atoms with Crippen LogP contribution in [0.1, 0.15) is 39.5 Å². The Kier molecular flexibility index (Phi) is 6.09. The summed E-state index contributed by atoms with van der Waals surface area (Å²) in [6, 6.07) is 8.07. The van der Waals surface area contributed by atoms with E-state index < -0.39 is 0 Å². The van der Waals surface area contributed by atoms with Gasteiger partial charge in [0.1, 0.15) is 5.75 Å². The highest BCUT2D eigenvalue weighted by Crippen LogP contribution is 2.30. The van der Waals surface area contributed by atoms with Crippen LogP contribution in [-0.4, -0.2) is 24.0 Å². The second kappa shape index (κ2) is 8.49. The van der Waals surface area contributed by atoms with Crippen LogP contribution < -0.4 is 9.54 Å². The molecule has 0 spiro atoms. The lowest BCUT2D eigenvalue weighted by molar-refractivity contribution is 0.416. The van der Waals surface area contributed by atoms with Gasteiger partial charge in [-0.3, -0.25) is 4.99 Å². The van der Waals surface area contributed by atoms with E-state index >= 15 is 0 Å². The van der Waals surface area contributed by atoms with Crippen molar-refractivity contribution >= 4 is 17.0 Å². The van der Waals surface area contributed by atoms with Crippen molar-refractivity contribution in [2.75, 3.05) is 13.7 Å². The van der Waals surface area contributed by atoms with Crippen molar-refractivity contribution < 1.29 is 4.74 Å². The van der Waals surface area contributed by atoms with Crippen LogP contribution in [0.5, 0.6) is 5.75 Å². The first-order valence-electron chi connectivity index (χ1n) is 9.14. The Morgan fingerprint density at radius 2 is 2.19 bits per heavy atom. The van der Waals surface area contributed by atoms with Crippen LogP contribution in [0.2, 0.25) is 0 Å². The summed E-state index contributed by atoms with van der Waals surface area (Å²) in [6.45, 7) is 8.89. The molecule has 1 aliphatic carbocycles. The average molecular weight is 370 g/mol. The minimum absolute atomic E-state index is 0.618. The molecule has 0 N–H and O–H groups in total. The third kappa shape index (κ3) is 4.33. The van der Waals surface area contributed by atoms with Crippen LogP contribution in [0.3, 0.4) is 0 Å². The summed E-state index contributed by atoms with van der Waals surface area (Å²) >= 11 is 1.61. The highest BCUT2D eigenvalue weighted by molar-refractivity contribution is 7.07. The quantitative estimate of drug-likeness (QED) is 0.675. The Labute approximate surface area is 159 Å². The molecule has 4 nitrogen and oxygen atoms in total. The van der Waals surface area contributed by atoms with Crippen LogP contribution >= 0.6 is 11.3 Å². The van der Waals surface area contributed by atoms with E-state index in [1.54, 1.807) is 18.4 Å². The Morgan fingerprint density at radius 1 is 1.38 bits per heavy atom. The first kappa shape index (κ1) is 18.6. The maximum absolute atomic E-state index is 5.57. The van der Waals surface area contributed by atoms with Gasteiger partial charge in [-0.2, -0.15) is 5.10 Å². The minimum Gasteiger partial charge on any atom is -0.496 e. The first-order valence-corrected chi connectivity index (χ1v) is 10.0. The summed E-state index contributed by atoms with van der Waals surface area (Å²) in [5.74, 6) is 1.55. The molecular formula is C21H27N3OS. The maximum atomic E-state index is 5.57. The zero-order chi connectivity index (χ0) is 18.5. The van der Waals surface area contributed by atoms with E-state index in [4.69, 9.17) is 14.8 Å². The summed E-state index contributed by atoms with van der Waals surface area (Å²) in [6.07, 6.45) is 4.64. The molecule has 1 aliphatic rings. The third-order valence-corrected chi connectivity index (χ3v) is 5.39. The molecule has 0 aliphatic heterocycles. The number of ether oxygens (including phenoxy) is 1. The molecule has 2 aromatic rings. The van der Waals surface area contributed by atoms with Crippen LogP contribution in [0, 0.1) is 5.92 Å². The molecule has 1 saturated carbocycles. The molecule has 1 fully saturated rings. The van der Waals surface area contributed by atoms with Gasteiger partial charge < -0.3 is 4.74 Å².